The molecule has 2 aromatic rings. The lowest BCUT2D eigenvalue weighted by Crippen LogP contribution is -2.46. The molecule has 4 rings (SSSR count). The molecule has 0 aromatic heterocycles. The number of aryl methyl sites for hydroxylation is 1. The lowest BCUT2D eigenvalue weighted by Gasteiger charge is -2.28. The van der Waals surface area contributed by atoms with Crippen LogP contribution in [0.2, 0.25) is 0 Å². The normalized spacial score (nSPS) is 17.0. The van der Waals surface area contributed by atoms with Crippen LogP contribution in [0.25, 0.3) is 6.08 Å². The first-order valence-corrected chi connectivity index (χ1v) is 12.8. The van der Waals surface area contributed by atoms with Gasteiger partial charge in [-0.25, -0.2) is 0 Å². The summed E-state index contributed by atoms with van der Waals surface area (Å²) in [6.45, 7) is 3.25. The number of ether oxygens (including phenoxy) is 2. The second kappa shape index (κ2) is 11.7. The number of morpholine rings is 1. The molecule has 0 atom stereocenters. The van der Waals surface area contributed by atoms with Crippen LogP contribution >= 0.6 is 27.7 Å². The first-order chi connectivity index (χ1) is 17.3. The van der Waals surface area contributed by atoms with Gasteiger partial charge in [0, 0.05) is 18.8 Å². The van der Waals surface area contributed by atoms with Crippen molar-refractivity contribution in [1.82, 2.24) is 9.80 Å². The Bertz CT molecular complexity index is 1230. The quantitative estimate of drug-likeness (QED) is 0.504. The Morgan fingerprint density at radius 2 is 1.94 bits per heavy atom. The largest absolute Gasteiger partial charge is 0.483 e. The molecule has 0 radical (unpaired) electrons. The number of thioether (sulfide) groups is 1. The number of anilines is 1. The molecule has 1 N–H and O–H groups in total. The molecule has 0 aliphatic carbocycles. The molecule has 0 spiro atoms. The van der Waals surface area contributed by atoms with Gasteiger partial charge in [-0.3, -0.25) is 24.1 Å². The molecule has 0 unspecified atom stereocenters. The third kappa shape index (κ3) is 6.54. The summed E-state index contributed by atoms with van der Waals surface area (Å²) in [6, 6.07) is 12.6. The number of amides is 4. The van der Waals surface area contributed by atoms with Crippen molar-refractivity contribution in [1.29, 1.82) is 0 Å². The minimum atomic E-state index is -0.504. The van der Waals surface area contributed by atoms with E-state index in [-0.39, 0.29) is 29.9 Å². The average Bonchev–Trinajstić information content (AvgIpc) is 3.11. The molecule has 2 fully saturated rings. The zero-order valence-corrected chi connectivity index (χ0v) is 21.9. The van der Waals surface area contributed by atoms with Gasteiger partial charge in [-0.1, -0.05) is 18.2 Å². The van der Waals surface area contributed by atoms with E-state index in [0.717, 1.165) is 22.2 Å². The number of carbonyl (C=O) groups is 4. The van der Waals surface area contributed by atoms with Gasteiger partial charge in [0.15, 0.2) is 6.61 Å². The van der Waals surface area contributed by atoms with Crippen molar-refractivity contribution in [2.45, 2.75) is 6.92 Å². The van der Waals surface area contributed by atoms with Gasteiger partial charge < -0.3 is 19.7 Å². The van der Waals surface area contributed by atoms with E-state index in [1.54, 1.807) is 35.2 Å². The molecule has 4 amide bonds. The van der Waals surface area contributed by atoms with E-state index < -0.39 is 11.1 Å². The highest BCUT2D eigenvalue weighted by atomic mass is 79.9. The second-order valence-corrected chi connectivity index (χ2v) is 10.0. The van der Waals surface area contributed by atoms with Crippen LogP contribution in [0, 0.1) is 6.92 Å². The highest BCUT2D eigenvalue weighted by Crippen LogP contribution is 2.34. The van der Waals surface area contributed by atoms with Crippen LogP contribution in [0.5, 0.6) is 5.75 Å². The van der Waals surface area contributed by atoms with Crippen LogP contribution in [-0.4, -0.2) is 72.2 Å². The highest BCUT2D eigenvalue weighted by Gasteiger charge is 2.37. The van der Waals surface area contributed by atoms with E-state index in [4.69, 9.17) is 9.47 Å². The van der Waals surface area contributed by atoms with Gasteiger partial charge in [0.05, 0.1) is 22.6 Å². The van der Waals surface area contributed by atoms with Crippen molar-refractivity contribution < 1.29 is 28.7 Å². The number of nitrogens with one attached hydrogen (secondary N) is 1. The van der Waals surface area contributed by atoms with E-state index in [0.29, 0.717) is 47.8 Å². The van der Waals surface area contributed by atoms with E-state index in [1.807, 2.05) is 25.1 Å². The number of imide groups is 1. The Balaban J connectivity index is 1.35. The fourth-order valence-electron chi connectivity index (χ4n) is 3.62. The van der Waals surface area contributed by atoms with Gasteiger partial charge >= 0.3 is 0 Å². The van der Waals surface area contributed by atoms with Crippen LogP contribution < -0.4 is 10.1 Å². The van der Waals surface area contributed by atoms with Gasteiger partial charge in [0.25, 0.3) is 17.1 Å². The molecule has 11 heteroatoms. The van der Waals surface area contributed by atoms with Crippen LogP contribution in [0.4, 0.5) is 10.5 Å². The molecular weight excluding hydrogens is 550 g/mol. The maximum absolute atomic E-state index is 12.8. The Kier molecular flexibility index (Phi) is 8.44. The minimum Gasteiger partial charge on any atom is -0.483 e. The first-order valence-electron chi connectivity index (χ1n) is 11.2. The smallest absolute Gasteiger partial charge is 0.294 e. The maximum Gasteiger partial charge on any atom is 0.294 e. The highest BCUT2D eigenvalue weighted by molar-refractivity contribution is 9.10. The summed E-state index contributed by atoms with van der Waals surface area (Å²) in [6.07, 6.45) is 1.59. The van der Waals surface area contributed by atoms with Crippen LogP contribution in [0.3, 0.4) is 0 Å². The fraction of sp³-hybridized carbons (Fsp3) is 0.280. The van der Waals surface area contributed by atoms with Gasteiger partial charge in [-0.2, -0.15) is 0 Å². The molecule has 0 bridgehead atoms. The zero-order chi connectivity index (χ0) is 25.7. The van der Waals surface area contributed by atoms with E-state index in [2.05, 4.69) is 21.2 Å². The van der Waals surface area contributed by atoms with Gasteiger partial charge in [0.2, 0.25) is 5.91 Å². The van der Waals surface area contributed by atoms with Crippen molar-refractivity contribution in [3.8, 4) is 5.75 Å². The Morgan fingerprint density at radius 3 is 2.67 bits per heavy atom. The number of carbonyl (C=O) groups excluding carboxylic acids is 4. The SMILES string of the molecule is Cc1cccc(NC(=O)COc2ccc(/C=C3\SC(=O)N(CC(=O)N4CCOCC4)C3=O)cc2Br)c1. The van der Waals surface area contributed by atoms with E-state index in [9.17, 15) is 19.2 Å². The molecule has 2 aromatic carbocycles. The number of halogens is 1. The molecule has 2 aliphatic rings. The third-order valence-electron chi connectivity index (χ3n) is 5.45. The summed E-state index contributed by atoms with van der Waals surface area (Å²) in [4.78, 5) is 52.6. The van der Waals surface area contributed by atoms with Gasteiger partial charge in [-0.15, -0.1) is 0 Å². The summed E-state index contributed by atoms with van der Waals surface area (Å²) in [5.41, 5.74) is 2.38. The third-order valence-corrected chi connectivity index (χ3v) is 6.97. The summed E-state index contributed by atoms with van der Waals surface area (Å²) in [5.74, 6) is -0.624. The average molecular weight is 574 g/mol. The van der Waals surface area contributed by atoms with Gasteiger partial charge in [-0.05, 0) is 76.1 Å². The van der Waals surface area contributed by atoms with Crippen LogP contribution in [-0.2, 0) is 19.1 Å². The first kappa shape index (κ1) is 25.9. The van der Waals surface area contributed by atoms with Crippen molar-refractivity contribution in [3.05, 3.63) is 63.0 Å². The number of benzene rings is 2. The summed E-state index contributed by atoms with van der Waals surface area (Å²) >= 11 is 4.22. The molecule has 9 nitrogen and oxygen atoms in total. The molecule has 2 heterocycles. The molecule has 2 aliphatic heterocycles. The summed E-state index contributed by atoms with van der Waals surface area (Å²) in [7, 11) is 0. The van der Waals surface area contributed by atoms with Crippen molar-refractivity contribution in [2.24, 2.45) is 0 Å². The standard InChI is InChI=1S/C25H24BrN3O6S/c1-16-3-2-4-18(11-16)27-22(30)15-35-20-6-5-17(12-19(20)26)13-21-24(32)29(25(33)36-21)14-23(31)28-7-9-34-10-8-28/h2-6,11-13H,7-10,14-15H2,1H3,(H,27,30)/b21-13-. The lowest BCUT2D eigenvalue weighted by atomic mass is 10.2. The fourth-order valence-corrected chi connectivity index (χ4v) is 4.97. The van der Waals surface area contributed by atoms with Gasteiger partial charge in [0.1, 0.15) is 12.3 Å². The van der Waals surface area contributed by atoms with Crippen LogP contribution in [0.1, 0.15) is 11.1 Å². The predicted molar refractivity (Wildman–Crippen MR) is 140 cm³/mol. The minimum absolute atomic E-state index is 0.179. The topological polar surface area (TPSA) is 105 Å². The monoisotopic (exact) mass is 573 g/mol. The molecule has 36 heavy (non-hydrogen) atoms. The Morgan fingerprint density at radius 1 is 1.17 bits per heavy atom. The molecule has 188 valence electrons. The lowest BCUT2D eigenvalue weighted by molar-refractivity contribution is -0.139. The van der Waals surface area contributed by atoms with Crippen molar-refractivity contribution >= 4 is 62.4 Å². The number of nitrogens with zero attached hydrogens (tertiary/aromatic N) is 2. The molecule has 0 saturated carbocycles. The van der Waals surface area contributed by atoms with E-state index in [1.165, 1.54) is 0 Å². The predicted octanol–water partition coefficient (Wildman–Crippen LogP) is 3.67. The van der Waals surface area contributed by atoms with Crippen molar-refractivity contribution in [3.63, 3.8) is 0 Å². The summed E-state index contributed by atoms with van der Waals surface area (Å²) < 4.78 is 11.4. The molecule has 2 saturated heterocycles. The Hall–Kier alpha value is -3.15. The van der Waals surface area contributed by atoms with Crippen LogP contribution in [0.15, 0.2) is 51.8 Å². The number of hydrogen-bond acceptors (Lipinski definition) is 7. The Labute approximate surface area is 220 Å². The second-order valence-electron chi connectivity index (χ2n) is 8.16. The van der Waals surface area contributed by atoms with E-state index >= 15 is 0 Å². The maximum atomic E-state index is 12.8. The summed E-state index contributed by atoms with van der Waals surface area (Å²) in [5, 5.41) is 2.30. The molecular formula is C25H24BrN3O6S. The van der Waals surface area contributed by atoms with Crippen molar-refractivity contribution in [2.75, 3.05) is 44.8 Å². The number of hydrogen-bond donors (Lipinski definition) is 1. The number of rotatable bonds is 7. The zero-order valence-electron chi connectivity index (χ0n) is 19.5.